The smallest absolute Gasteiger partial charge is 0.285 e. The summed E-state index contributed by atoms with van der Waals surface area (Å²) in [4.78, 5) is 6.57. The minimum atomic E-state index is -4.11. The SMILES string of the molecule is C[C@@H]1COCCN1c1cc(C2(S(C)(=O)=O)CC2)c2c(n1)C(c1ccn[nH]1)=NS2(=O)=O. The molecule has 1 atom stereocenters. The van der Waals surface area contributed by atoms with Gasteiger partial charge in [-0.3, -0.25) is 5.10 Å². The number of rotatable bonds is 4. The largest absolute Gasteiger partial charge is 0.377 e. The van der Waals surface area contributed by atoms with Gasteiger partial charge >= 0.3 is 0 Å². The second-order valence-electron chi connectivity index (χ2n) is 7.97. The maximum Gasteiger partial charge on any atom is 0.285 e. The Morgan fingerprint density at radius 3 is 2.70 bits per heavy atom. The van der Waals surface area contributed by atoms with Crippen LogP contribution in [-0.2, 0) is 29.3 Å². The van der Waals surface area contributed by atoms with E-state index in [9.17, 15) is 16.8 Å². The third kappa shape index (κ3) is 2.81. The predicted octanol–water partition coefficient (Wildman–Crippen LogP) is 0.603. The van der Waals surface area contributed by atoms with Crippen molar-refractivity contribution in [2.75, 3.05) is 30.9 Å². The van der Waals surface area contributed by atoms with Crippen LogP contribution in [0.3, 0.4) is 0 Å². The number of morpholine rings is 1. The fourth-order valence-corrected chi connectivity index (χ4v) is 7.13. The van der Waals surface area contributed by atoms with Crippen molar-refractivity contribution in [1.29, 1.82) is 0 Å². The fraction of sp³-hybridized carbons (Fsp3) is 0.500. The summed E-state index contributed by atoms with van der Waals surface area (Å²) in [6, 6.07) is 3.24. The number of fused-ring (bicyclic) bond motifs is 1. The summed E-state index contributed by atoms with van der Waals surface area (Å²) in [7, 11) is -7.66. The number of nitrogens with zero attached hydrogens (tertiary/aromatic N) is 4. The van der Waals surface area contributed by atoms with Crippen LogP contribution in [0, 0.1) is 0 Å². The van der Waals surface area contributed by atoms with Crippen LogP contribution in [0.15, 0.2) is 27.6 Å². The molecule has 2 aliphatic heterocycles. The first-order valence-corrected chi connectivity index (χ1v) is 12.9. The van der Waals surface area contributed by atoms with Gasteiger partial charge in [0.15, 0.2) is 9.84 Å². The number of nitrogens with one attached hydrogen (secondary N) is 1. The second kappa shape index (κ2) is 6.34. The number of sulfonamides is 1. The van der Waals surface area contributed by atoms with Crippen molar-refractivity contribution in [2.45, 2.75) is 35.4 Å². The number of aromatic nitrogens is 3. The molecule has 2 aromatic heterocycles. The standard InChI is InChI=1S/C18H21N5O5S2/c1-11-10-28-8-7-23(11)14-9-12(18(4-5-18)29(2,24)25)17-16(20-14)15(22-30(17,26)27)13-3-6-19-21-13/h3,6,9,11H,4-5,7-8,10H2,1-2H3,(H,19,21)/t11-/m1/s1. The molecule has 0 amide bonds. The molecule has 0 bridgehead atoms. The van der Waals surface area contributed by atoms with E-state index in [1.54, 1.807) is 12.1 Å². The van der Waals surface area contributed by atoms with E-state index >= 15 is 0 Å². The highest BCUT2D eigenvalue weighted by Gasteiger charge is 2.57. The van der Waals surface area contributed by atoms with Crippen molar-refractivity contribution in [3.63, 3.8) is 0 Å². The molecule has 12 heteroatoms. The van der Waals surface area contributed by atoms with Crippen LogP contribution >= 0.6 is 0 Å². The lowest BCUT2D eigenvalue weighted by Crippen LogP contribution is -2.44. The molecule has 2 aromatic rings. The number of aromatic amines is 1. The van der Waals surface area contributed by atoms with E-state index in [-0.39, 0.29) is 27.9 Å². The molecule has 30 heavy (non-hydrogen) atoms. The van der Waals surface area contributed by atoms with E-state index in [4.69, 9.17) is 4.74 Å². The molecule has 0 unspecified atom stereocenters. The summed E-state index contributed by atoms with van der Waals surface area (Å²) >= 11 is 0. The molecular weight excluding hydrogens is 430 g/mol. The maximum absolute atomic E-state index is 13.0. The normalized spacial score (nSPS) is 24.4. The fourth-order valence-electron chi connectivity index (χ4n) is 4.22. The van der Waals surface area contributed by atoms with E-state index in [1.165, 1.54) is 6.20 Å². The molecule has 1 aliphatic carbocycles. The van der Waals surface area contributed by atoms with Gasteiger partial charge in [-0.2, -0.15) is 17.9 Å². The molecule has 160 valence electrons. The number of hydrogen-bond donors (Lipinski definition) is 1. The quantitative estimate of drug-likeness (QED) is 0.714. The highest BCUT2D eigenvalue weighted by Crippen LogP contribution is 2.56. The van der Waals surface area contributed by atoms with Crippen LogP contribution in [0.5, 0.6) is 0 Å². The van der Waals surface area contributed by atoms with Gasteiger partial charge in [0.05, 0.1) is 29.7 Å². The van der Waals surface area contributed by atoms with Crippen LogP contribution in [0.25, 0.3) is 0 Å². The van der Waals surface area contributed by atoms with Crippen LogP contribution in [0.4, 0.5) is 5.82 Å². The first-order valence-electron chi connectivity index (χ1n) is 9.59. The average molecular weight is 452 g/mol. The Bertz CT molecular complexity index is 1260. The average Bonchev–Trinajstić information content (AvgIpc) is 3.25. The van der Waals surface area contributed by atoms with Crippen molar-refractivity contribution >= 4 is 31.4 Å². The van der Waals surface area contributed by atoms with Crippen molar-refractivity contribution in [3.05, 3.63) is 35.3 Å². The van der Waals surface area contributed by atoms with Gasteiger partial charge in [-0.05, 0) is 37.5 Å². The molecule has 5 rings (SSSR count). The Morgan fingerprint density at radius 1 is 1.33 bits per heavy atom. The Kier molecular flexibility index (Phi) is 4.15. The lowest BCUT2D eigenvalue weighted by atomic mass is 10.1. The number of anilines is 1. The van der Waals surface area contributed by atoms with E-state index in [2.05, 4.69) is 19.6 Å². The first kappa shape index (κ1) is 19.6. The highest BCUT2D eigenvalue weighted by molar-refractivity contribution is 7.92. The monoisotopic (exact) mass is 451 g/mol. The third-order valence-electron chi connectivity index (χ3n) is 5.98. The minimum absolute atomic E-state index is 0.0103. The highest BCUT2D eigenvalue weighted by atomic mass is 32.2. The molecule has 0 spiro atoms. The molecule has 4 heterocycles. The second-order valence-corrected chi connectivity index (χ2v) is 11.8. The third-order valence-corrected chi connectivity index (χ3v) is 9.38. The van der Waals surface area contributed by atoms with Gasteiger partial charge in [0.25, 0.3) is 10.0 Å². The van der Waals surface area contributed by atoms with E-state index in [1.807, 2.05) is 11.8 Å². The zero-order valence-electron chi connectivity index (χ0n) is 16.5. The van der Waals surface area contributed by atoms with Crippen molar-refractivity contribution < 1.29 is 21.6 Å². The van der Waals surface area contributed by atoms with Gasteiger partial charge in [-0.15, -0.1) is 0 Å². The molecule has 0 radical (unpaired) electrons. The molecule has 10 nitrogen and oxygen atoms in total. The molecule has 1 saturated heterocycles. The number of sulfone groups is 1. The lowest BCUT2D eigenvalue weighted by molar-refractivity contribution is 0.0985. The summed E-state index contributed by atoms with van der Waals surface area (Å²) in [5, 5.41) is 6.62. The number of pyridine rings is 1. The summed E-state index contributed by atoms with van der Waals surface area (Å²) in [6.07, 6.45) is 3.39. The van der Waals surface area contributed by atoms with Gasteiger partial charge in [0, 0.05) is 19.0 Å². The zero-order chi connectivity index (χ0) is 21.3. The first-order chi connectivity index (χ1) is 14.1. The van der Waals surface area contributed by atoms with Crippen molar-refractivity contribution in [2.24, 2.45) is 4.40 Å². The van der Waals surface area contributed by atoms with E-state index < -0.39 is 24.6 Å². The molecule has 3 aliphatic rings. The Morgan fingerprint density at radius 2 is 2.10 bits per heavy atom. The van der Waals surface area contributed by atoms with Gasteiger partial charge < -0.3 is 9.64 Å². The van der Waals surface area contributed by atoms with Crippen LogP contribution in [-0.4, -0.2) is 69.8 Å². The lowest BCUT2D eigenvalue weighted by Gasteiger charge is -2.35. The zero-order valence-corrected chi connectivity index (χ0v) is 18.1. The molecular formula is C18H21N5O5S2. The Labute approximate surface area is 174 Å². The van der Waals surface area contributed by atoms with Crippen LogP contribution in [0.1, 0.15) is 36.7 Å². The van der Waals surface area contributed by atoms with Crippen molar-refractivity contribution in [3.8, 4) is 0 Å². The number of H-pyrrole nitrogens is 1. The molecule has 2 fully saturated rings. The summed E-state index contributed by atoms with van der Waals surface area (Å²) in [6.45, 7) is 3.57. The molecule has 0 aromatic carbocycles. The van der Waals surface area contributed by atoms with Gasteiger partial charge in [0.1, 0.15) is 22.1 Å². The van der Waals surface area contributed by atoms with E-state index in [0.29, 0.717) is 44.1 Å². The van der Waals surface area contributed by atoms with Crippen LogP contribution in [0.2, 0.25) is 0 Å². The summed E-state index contributed by atoms with van der Waals surface area (Å²) < 4.78 is 59.7. The van der Waals surface area contributed by atoms with Crippen LogP contribution < -0.4 is 4.90 Å². The minimum Gasteiger partial charge on any atom is -0.377 e. The number of hydrogen-bond acceptors (Lipinski definition) is 8. The summed E-state index contributed by atoms with van der Waals surface area (Å²) in [5.74, 6) is 0.527. The predicted molar refractivity (Wildman–Crippen MR) is 109 cm³/mol. The molecule has 1 N–H and O–H groups in total. The Hall–Kier alpha value is -2.31. The number of ether oxygens (including phenoxy) is 1. The maximum atomic E-state index is 13.0. The van der Waals surface area contributed by atoms with Gasteiger partial charge in [-0.25, -0.2) is 13.4 Å². The van der Waals surface area contributed by atoms with Gasteiger partial charge in [0.2, 0.25) is 0 Å². The summed E-state index contributed by atoms with van der Waals surface area (Å²) in [5.41, 5.74) is 0.991. The molecule has 1 saturated carbocycles. The Balaban J connectivity index is 1.79. The topological polar surface area (TPSA) is 135 Å². The van der Waals surface area contributed by atoms with Crippen molar-refractivity contribution in [1.82, 2.24) is 15.2 Å². The van der Waals surface area contributed by atoms with E-state index in [0.717, 1.165) is 6.26 Å². The van der Waals surface area contributed by atoms with Gasteiger partial charge in [-0.1, -0.05) is 0 Å².